The highest BCUT2D eigenvalue weighted by Gasteiger charge is 2.34. The minimum Gasteiger partial charge on any atom is -0.481 e. The van der Waals surface area contributed by atoms with Crippen LogP contribution in [0.4, 0.5) is 0 Å². The molecule has 0 saturated carbocycles. The number of carbonyl (C=O) groups is 3. The third-order valence-corrected chi connectivity index (χ3v) is 2.91. The molecule has 21 heavy (non-hydrogen) atoms. The molecule has 1 rings (SSSR count). The Bertz CT molecular complexity index is 508. The minimum atomic E-state index is -1.51. The number of rotatable bonds is 7. The first-order valence-corrected chi connectivity index (χ1v) is 6.54. The molecule has 2 unspecified atom stereocenters. The highest BCUT2D eigenvalue weighted by atomic mass is 16.5. The van der Waals surface area contributed by atoms with Gasteiger partial charge in [0.1, 0.15) is 0 Å². The number of esters is 1. The van der Waals surface area contributed by atoms with Crippen LogP contribution in [-0.2, 0) is 19.1 Å². The van der Waals surface area contributed by atoms with Crippen LogP contribution in [0.15, 0.2) is 30.3 Å². The lowest BCUT2D eigenvalue weighted by molar-refractivity contribution is -0.162. The summed E-state index contributed by atoms with van der Waals surface area (Å²) in [6.07, 6.45) is -0.806. The number of carbonyl (C=O) groups excluding carboxylic acids is 1. The van der Waals surface area contributed by atoms with Crippen molar-refractivity contribution in [3.63, 3.8) is 0 Å². The number of carboxylic acids is 2. The molecule has 0 aliphatic heterocycles. The highest BCUT2D eigenvalue weighted by Crippen LogP contribution is 2.25. The van der Waals surface area contributed by atoms with E-state index in [1.54, 1.807) is 44.2 Å². The van der Waals surface area contributed by atoms with E-state index < -0.39 is 35.8 Å². The van der Waals surface area contributed by atoms with E-state index in [-0.39, 0.29) is 6.42 Å². The van der Waals surface area contributed by atoms with Crippen LogP contribution in [0.5, 0.6) is 0 Å². The molecule has 0 bridgehead atoms. The Labute approximate surface area is 122 Å². The Balaban J connectivity index is 2.96. The fraction of sp³-hybridized carbons (Fsp3) is 0.400. The monoisotopic (exact) mass is 294 g/mol. The van der Waals surface area contributed by atoms with E-state index in [2.05, 4.69) is 0 Å². The summed E-state index contributed by atoms with van der Waals surface area (Å²) in [5, 5.41) is 18.4. The molecular weight excluding hydrogens is 276 g/mol. The average Bonchev–Trinajstić information content (AvgIpc) is 2.38. The van der Waals surface area contributed by atoms with Crippen molar-refractivity contribution < 1.29 is 29.3 Å². The number of benzene rings is 1. The van der Waals surface area contributed by atoms with Gasteiger partial charge in [0.2, 0.25) is 0 Å². The Morgan fingerprint density at radius 3 is 2.05 bits per heavy atom. The van der Waals surface area contributed by atoms with Gasteiger partial charge in [-0.1, -0.05) is 30.3 Å². The molecule has 0 fully saturated rings. The maximum absolute atomic E-state index is 11.8. The number of carboxylic acid groups (broad SMARTS) is 2. The molecule has 0 aromatic heterocycles. The predicted molar refractivity (Wildman–Crippen MR) is 73.8 cm³/mol. The van der Waals surface area contributed by atoms with E-state index in [4.69, 9.17) is 9.84 Å². The molecular formula is C15H18O6. The van der Waals surface area contributed by atoms with Crippen LogP contribution in [-0.4, -0.2) is 34.2 Å². The Kier molecular flexibility index (Phi) is 5.90. The first kappa shape index (κ1) is 16.7. The van der Waals surface area contributed by atoms with E-state index in [9.17, 15) is 19.5 Å². The van der Waals surface area contributed by atoms with Crippen LogP contribution < -0.4 is 0 Å². The van der Waals surface area contributed by atoms with Gasteiger partial charge in [0.15, 0.2) is 5.92 Å². The van der Waals surface area contributed by atoms with E-state index in [0.29, 0.717) is 5.56 Å². The fourth-order valence-electron chi connectivity index (χ4n) is 1.91. The van der Waals surface area contributed by atoms with Crippen molar-refractivity contribution in [1.82, 2.24) is 0 Å². The quantitative estimate of drug-likeness (QED) is 0.588. The van der Waals surface area contributed by atoms with Gasteiger partial charge in [-0.05, 0) is 25.8 Å². The van der Waals surface area contributed by atoms with Gasteiger partial charge in [-0.25, -0.2) is 0 Å². The van der Waals surface area contributed by atoms with Crippen LogP contribution in [0, 0.1) is 5.92 Å². The lowest BCUT2D eigenvalue weighted by atomic mass is 9.89. The zero-order valence-corrected chi connectivity index (χ0v) is 11.9. The molecule has 2 atom stereocenters. The van der Waals surface area contributed by atoms with Gasteiger partial charge in [0.05, 0.1) is 12.0 Å². The second-order valence-electron chi connectivity index (χ2n) is 4.91. The average molecular weight is 294 g/mol. The lowest BCUT2D eigenvalue weighted by Crippen LogP contribution is -2.31. The summed E-state index contributed by atoms with van der Waals surface area (Å²) in [6, 6.07) is 8.22. The lowest BCUT2D eigenvalue weighted by Gasteiger charge is -2.18. The summed E-state index contributed by atoms with van der Waals surface area (Å²) in [6.45, 7) is 3.20. The number of aliphatic carboxylic acids is 2. The maximum Gasteiger partial charge on any atom is 0.320 e. The summed E-state index contributed by atoms with van der Waals surface area (Å²) in [5.41, 5.74) is 0.452. The third-order valence-electron chi connectivity index (χ3n) is 2.91. The van der Waals surface area contributed by atoms with Gasteiger partial charge < -0.3 is 14.9 Å². The minimum absolute atomic E-state index is 0.347. The Morgan fingerprint density at radius 1 is 1.05 bits per heavy atom. The zero-order valence-electron chi connectivity index (χ0n) is 11.9. The van der Waals surface area contributed by atoms with Crippen molar-refractivity contribution in [3.05, 3.63) is 35.9 Å². The number of ether oxygens (including phenoxy) is 1. The molecule has 6 nitrogen and oxygen atoms in total. The molecule has 6 heteroatoms. The molecule has 0 spiro atoms. The summed E-state index contributed by atoms with van der Waals surface area (Å²) >= 11 is 0. The van der Waals surface area contributed by atoms with Gasteiger partial charge >= 0.3 is 17.9 Å². The fourth-order valence-corrected chi connectivity index (χ4v) is 1.91. The molecule has 114 valence electrons. The van der Waals surface area contributed by atoms with Gasteiger partial charge in [0, 0.05) is 0 Å². The molecule has 0 aliphatic carbocycles. The van der Waals surface area contributed by atoms with Gasteiger partial charge in [-0.2, -0.15) is 0 Å². The van der Waals surface area contributed by atoms with Crippen LogP contribution in [0.1, 0.15) is 31.7 Å². The van der Waals surface area contributed by atoms with Crippen molar-refractivity contribution in [2.45, 2.75) is 32.3 Å². The van der Waals surface area contributed by atoms with Crippen molar-refractivity contribution in [1.29, 1.82) is 0 Å². The second-order valence-corrected chi connectivity index (χ2v) is 4.91. The van der Waals surface area contributed by atoms with Crippen molar-refractivity contribution in [2.75, 3.05) is 0 Å². The number of hydrogen-bond acceptors (Lipinski definition) is 4. The normalized spacial score (nSPS) is 13.5. The van der Waals surface area contributed by atoms with E-state index >= 15 is 0 Å². The summed E-state index contributed by atoms with van der Waals surface area (Å²) in [5.74, 6) is -6.06. The third kappa shape index (κ3) is 4.91. The summed E-state index contributed by atoms with van der Waals surface area (Å²) in [7, 11) is 0. The summed E-state index contributed by atoms with van der Waals surface area (Å²) < 4.78 is 4.88. The van der Waals surface area contributed by atoms with Crippen LogP contribution >= 0.6 is 0 Å². The molecule has 0 radical (unpaired) electrons. The van der Waals surface area contributed by atoms with Crippen LogP contribution in [0.3, 0.4) is 0 Å². The zero-order chi connectivity index (χ0) is 16.0. The Morgan fingerprint density at radius 2 is 1.62 bits per heavy atom. The smallest absolute Gasteiger partial charge is 0.320 e. The molecule has 0 amide bonds. The van der Waals surface area contributed by atoms with Gasteiger partial charge in [-0.3, -0.25) is 14.4 Å². The predicted octanol–water partition coefficient (Wildman–Crippen LogP) is 1.90. The topological polar surface area (TPSA) is 101 Å². The van der Waals surface area contributed by atoms with Crippen molar-refractivity contribution >= 4 is 17.9 Å². The SMILES string of the molecule is CC(C)OC(=O)C(CC(C(=O)O)c1ccccc1)C(=O)O. The first-order chi connectivity index (χ1) is 9.82. The van der Waals surface area contributed by atoms with E-state index in [1.807, 2.05) is 0 Å². The van der Waals surface area contributed by atoms with Crippen molar-refractivity contribution in [2.24, 2.45) is 5.92 Å². The molecule has 0 heterocycles. The maximum atomic E-state index is 11.8. The highest BCUT2D eigenvalue weighted by molar-refractivity contribution is 5.94. The van der Waals surface area contributed by atoms with E-state index in [1.165, 1.54) is 0 Å². The van der Waals surface area contributed by atoms with E-state index in [0.717, 1.165) is 0 Å². The molecule has 0 saturated heterocycles. The molecule has 0 aliphatic rings. The van der Waals surface area contributed by atoms with Gasteiger partial charge in [-0.15, -0.1) is 0 Å². The number of hydrogen-bond donors (Lipinski definition) is 2. The van der Waals surface area contributed by atoms with Crippen molar-refractivity contribution in [3.8, 4) is 0 Å². The molecule has 2 N–H and O–H groups in total. The van der Waals surface area contributed by atoms with Crippen LogP contribution in [0.25, 0.3) is 0 Å². The molecule has 1 aromatic carbocycles. The Hall–Kier alpha value is -2.37. The summed E-state index contributed by atoms with van der Waals surface area (Å²) in [4.78, 5) is 34.4. The largest absolute Gasteiger partial charge is 0.481 e. The van der Waals surface area contributed by atoms with Gasteiger partial charge in [0.25, 0.3) is 0 Å². The first-order valence-electron chi connectivity index (χ1n) is 6.54. The standard InChI is InChI=1S/C15H18O6/c1-9(2)21-15(20)12(14(18)19)8-11(13(16)17)10-6-4-3-5-7-10/h3-7,9,11-12H,8H2,1-2H3,(H,16,17)(H,18,19). The molecule has 1 aromatic rings. The second kappa shape index (κ2) is 7.42. The van der Waals surface area contributed by atoms with Crippen LogP contribution in [0.2, 0.25) is 0 Å².